The zero-order valence-corrected chi connectivity index (χ0v) is 19.2. The molecule has 2 heterocycles. The molecule has 2 saturated heterocycles. The predicted octanol–water partition coefficient (Wildman–Crippen LogP) is 3.00. The molecule has 1 saturated carbocycles. The van der Waals surface area contributed by atoms with E-state index in [1.807, 2.05) is 7.05 Å². The average Bonchev–Trinajstić information content (AvgIpc) is 3.49. The van der Waals surface area contributed by atoms with Crippen molar-refractivity contribution in [2.75, 3.05) is 39.9 Å². The van der Waals surface area contributed by atoms with Gasteiger partial charge in [0.05, 0.1) is 0 Å². The summed E-state index contributed by atoms with van der Waals surface area (Å²) in [6.07, 6.45) is 7.55. The van der Waals surface area contributed by atoms with Crippen molar-refractivity contribution in [1.29, 1.82) is 0 Å². The van der Waals surface area contributed by atoms with Crippen molar-refractivity contribution in [3.8, 4) is 0 Å². The molecule has 6 heteroatoms. The Morgan fingerprint density at radius 3 is 2.65 bits per heavy atom. The van der Waals surface area contributed by atoms with E-state index >= 15 is 0 Å². The van der Waals surface area contributed by atoms with E-state index < -0.39 is 0 Å². The van der Waals surface area contributed by atoms with Crippen LogP contribution in [0.15, 0.2) is 29.3 Å². The molecule has 31 heavy (non-hydrogen) atoms. The fourth-order valence-corrected chi connectivity index (χ4v) is 5.62. The Bertz CT molecular complexity index is 781. The molecule has 0 aromatic heterocycles. The summed E-state index contributed by atoms with van der Waals surface area (Å²) in [5, 5.41) is 7.19. The number of nitrogens with zero attached hydrogens (tertiary/aromatic N) is 2. The summed E-state index contributed by atoms with van der Waals surface area (Å²) in [5.74, 6) is 1.46. The van der Waals surface area contributed by atoms with Gasteiger partial charge in [-0.15, -0.1) is 0 Å². The minimum absolute atomic E-state index is 0.0569. The molecule has 2 N–H and O–H groups in total. The Labute approximate surface area is 186 Å². The van der Waals surface area contributed by atoms with Crippen molar-refractivity contribution >= 4 is 11.9 Å². The molecular weight excluding hydrogens is 388 g/mol. The number of aliphatic imine (C=N–C) groups is 1. The summed E-state index contributed by atoms with van der Waals surface area (Å²) in [7, 11) is 1.83. The van der Waals surface area contributed by atoms with Gasteiger partial charge in [-0.25, -0.2) is 0 Å². The van der Waals surface area contributed by atoms with E-state index in [1.165, 1.54) is 24.0 Å². The second-order valence-electron chi connectivity index (χ2n) is 9.53. The highest BCUT2D eigenvalue weighted by Crippen LogP contribution is 2.36. The van der Waals surface area contributed by atoms with Crippen LogP contribution in [0.4, 0.5) is 0 Å². The second-order valence-corrected chi connectivity index (χ2v) is 9.53. The number of rotatable bonds is 5. The summed E-state index contributed by atoms with van der Waals surface area (Å²) in [6, 6.07) is 8.98. The first-order valence-electron chi connectivity index (χ1n) is 12.0. The number of benzene rings is 1. The molecule has 0 bridgehead atoms. The SMILES string of the molecule is CN=C(NCC1(c2ccccc2C)CCOCC1)NC1CCN(C(=O)C2CCCC2)C1. The van der Waals surface area contributed by atoms with Gasteiger partial charge in [0.1, 0.15) is 0 Å². The summed E-state index contributed by atoms with van der Waals surface area (Å²) in [4.78, 5) is 19.3. The lowest BCUT2D eigenvalue weighted by molar-refractivity contribution is -0.134. The molecule has 6 nitrogen and oxygen atoms in total. The number of carbonyl (C=O) groups excluding carboxylic acids is 1. The number of amides is 1. The highest BCUT2D eigenvalue weighted by Gasteiger charge is 2.36. The number of aryl methyl sites for hydroxylation is 1. The van der Waals surface area contributed by atoms with Crippen LogP contribution in [0, 0.1) is 12.8 Å². The summed E-state index contributed by atoms with van der Waals surface area (Å²) in [6.45, 7) is 6.26. The number of carbonyl (C=O) groups is 1. The van der Waals surface area contributed by atoms with Crippen LogP contribution in [0.2, 0.25) is 0 Å². The van der Waals surface area contributed by atoms with Crippen LogP contribution < -0.4 is 10.6 Å². The van der Waals surface area contributed by atoms with Crippen molar-refractivity contribution in [1.82, 2.24) is 15.5 Å². The van der Waals surface area contributed by atoms with E-state index in [2.05, 4.69) is 51.7 Å². The first-order valence-corrected chi connectivity index (χ1v) is 12.0. The van der Waals surface area contributed by atoms with Crippen LogP contribution in [0.25, 0.3) is 0 Å². The molecule has 2 aliphatic heterocycles. The third kappa shape index (κ3) is 5.05. The Hall–Kier alpha value is -2.08. The molecule has 4 rings (SSSR count). The van der Waals surface area contributed by atoms with Crippen LogP contribution in [-0.4, -0.2) is 62.7 Å². The lowest BCUT2D eigenvalue weighted by Crippen LogP contribution is -2.51. The molecule has 170 valence electrons. The summed E-state index contributed by atoms with van der Waals surface area (Å²) >= 11 is 0. The number of guanidine groups is 1. The summed E-state index contributed by atoms with van der Waals surface area (Å²) < 4.78 is 5.69. The standard InChI is InChI=1S/C25H38N4O2/c1-19-7-3-6-10-22(19)25(12-15-31-16-13-25)18-27-24(26-2)28-21-11-14-29(17-21)23(30)20-8-4-5-9-20/h3,6-7,10,20-21H,4-5,8-9,11-18H2,1-2H3,(H2,26,27,28). The van der Waals surface area contributed by atoms with Crippen LogP contribution >= 0.6 is 0 Å². The Morgan fingerprint density at radius 2 is 1.94 bits per heavy atom. The quantitative estimate of drug-likeness (QED) is 0.561. The summed E-state index contributed by atoms with van der Waals surface area (Å²) in [5.41, 5.74) is 2.81. The molecule has 1 amide bonds. The Balaban J connectivity index is 1.35. The third-order valence-electron chi connectivity index (χ3n) is 7.53. The fourth-order valence-electron chi connectivity index (χ4n) is 5.62. The van der Waals surface area contributed by atoms with Crippen LogP contribution in [0.3, 0.4) is 0 Å². The number of hydrogen-bond donors (Lipinski definition) is 2. The molecule has 3 aliphatic rings. The molecule has 1 aromatic carbocycles. The van der Waals surface area contributed by atoms with Gasteiger partial charge in [-0.1, -0.05) is 37.1 Å². The largest absolute Gasteiger partial charge is 0.381 e. The van der Waals surface area contributed by atoms with Crippen LogP contribution in [-0.2, 0) is 14.9 Å². The van der Waals surface area contributed by atoms with E-state index in [9.17, 15) is 4.79 Å². The molecule has 1 aliphatic carbocycles. The molecule has 1 unspecified atom stereocenters. The second kappa shape index (κ2) is 10.0. The number of ether oxygens (including phenoxy) is 1. The first-order chi connectivity index (χ1) is 15.1. The molecule has 3 fully saturated rings. The van der Waals surface area contributed by atoms with Gasteiger partial charge in [0.15, 0.2) is 5.96 Å². The maximum Gasteiger partial charge on any atom is 0.225 e. The van der Waals surface area contributed by atoms with Gasteiger partial charge in [-0.2, -0.15) is 0 Å². The average molecular weight is 427 g/mol. The first kappa shape index (κ1) is 22.1. The number of hydrogen-bond acceptors (Lipinski definition) is 3. The highest BCUT2D eigenvalue weighted by atomic mass is 16.5. The van der Waals surface area contributed by atoms with Crippen LogP contribution in [0.5, 0.6) is 0 Å². The minimum Gasteiger partial charge on any atom is -0.381 e. The van der Waals surface area contributed by atoms with Crippen molar-refractivity contribution in [2.24, 2.45) is 10.9 Å². The van der Waals surface area contributed by atoms with Crippen molar-refractivity contribution in [3.63, 3.8) is 0 Å². The maximum absolute atomic E-state index is 12.8. The van der Waals surface area contributed by atoms with Gasteiger partial charge >= 0.3 is 0 Å². The van der Waals surface area contributed by atoms with Crippen molar-refractivity contribution in [3.05, 3.63) is 35.4 Å². The lowest BCUT2D eigenvalue weighted by Gasteiger charge is -2.39. The van der Waals surface area contributed by atoms with Gasteiger partial charge in [-0.05, 0) is 50.2 Å². The van der Waals surface area contributed by atoms with Crippen molar-refractivity contribution < 1.29 is 9.53 Å². The zero-order valence-electron chi connectivity index (χ0n) is 19.2. The smallest absolute Gasteiger partial charge is 0.225 e. The van der Waals surface area contributed by atoms with E-state index in [0.29, 0.717) is 5.91 Å². The predicted molar refractivity (Wildman–Crippen MR) is 124 cm³/mol. The van der Waals surface area contributed by atoms with E-state index in [4.69, 9.17) is 4.74 Å². The minimum atomic E-state index is 0.0569. The Morgan fingerprint density at radius 1 is 1.19 bits per heavy atom. The van der Waals surface area contributed by atoms with Gasteiger partial charge in [0.2, 0.25) is 5.91 Å². The normalized spacial score (nSPS) is 24.4. The monoisotopic (exact) mass is 426 g/mol. The fraction of sp³-hybridized carbons (Fsp3) is 0.680. The molecule has 0 spiro atoms. The Kier molecular flexibility index (Phi) is 7.16. The van der Waals surface area contributed by atoms with Crippen LogP contribution in [0.1, 0.15) is 56.1 Å². The topological polar surface area (TPSA) is 66.0 Å². The van der Waals surface area contributed by atoms with Gasteiger partial charge in [0, 0.05) is 57.3 Å². The molecular formula is C25H38N4O2. The molecule has 0 radical (unpaired) electrons. The van der Waals surface area contributed by atoms with Gasteiger partial charge in [-0.3, -0.25) is 9.79 Å². The van der Waals surface area contributed by atoms with Gasteiger partial charge < -0.3 is 20.3 Å². The molecule has 1 atom stereocenters. The zero-order chi connectivity index (χ0) is 21.7. The van der Waals surface area contributed by atoms with Crippen molar-refractivity contribution in [2.45, 2.75) is 63.3 Å². The third-order valence-corrected chi connectivity index (χ3v) is 7.53. The number of nitrogens with one attached hydrogen (secondary N) is 2. The van der Waals surface area contributed by atoms with E-state index in [0.717, 1.165) is 70.9 Å². The van der Waals surface area contributed by atoms with E-state index in [1.54, 1.807) is 0 Å². The number of likely N-dealkylation sites (tertiary alicyclic amines) is 1. The van der Waals surface area contributed by atoms with E-state index in [-0.39, 0.29) is 17.4 Å². The lowest BCUT2D eigenvalue weighted by atomic mass is 9.72. The maximum atomic E-state index is 12.8. The molecule has 1 aromatic rings. The highest BCUT2D eigenvalue weighted by molar-refractivity contribution is 5.81. The van der Waals surface area contributed by atoms with Gasteiger partial charge in [0.25, 0.3) is 0 Å².